The molecule has 6 heteroatoms. The van der Waals surface area contributed by atoms with Gasteiger partial charge in [0.1, 0.15) is 0 Å². The summed E-state index contributed by atoms with van der Waals surface area (Å²) in [6.07, 6.45) is 2.09. The van der Waals surface area contributed by atoms with Gasteiger partial charge in [0.25, 0.3) is 0 Å². The van der Waals surface area contributed by atoms with Crippen LogP contribution < -0.4 is 0 Å². The molecule has 1 heterocycles. The molecule has 0 aromatic heterocycles. The molecule has 0 N–H and O–H groups in total. The van der Waals surface area contributed by atoms with Gasteiger partial charge in [-0.1, -0.05) is 6.92 Å². The fraction of sp³-hybridized carbons (Fsp3) is 0.778. The van der Waals surface area contributed by atoms with E-state index >= 15 is 0 Å². The number of rotatable bonds is 4. The Morgan fingerprint density at radius 3 is 2.47 bits per heavy atom. The van der Waals surface area contributed by atoms with Gasteiger partial charge in [0.15, 0.2) is 0 Å². The maximum atomic E-state index is 12.0. The van der Waals surface area contributed by atoms with E-state index in [2.05, 4.69) is 0 Å². The van der Waals surface area contributed by atoms with Crippen LogP contribution in [0.4, 0.5) is 0 Å². The standard InChI is InChI=1S/C9H17O5P/c1-7-5-8(11-2)14-9(6-7)15(10,12-3)13-4/h6-8H,5H2,1-4H3/t7-,8-/m0/s1. The Balaban J connectivity index is 2.89. The average molecular weight is 236 g/mol. The molecule has 5 nitrogen and oxygen atoms in total. The van der Waals surface area contributed by atoms with Crippen LogP contribution in [-0.2, 0) is 23.1 Å². The fourth-order valence-corrected chi connectivity index (χ4v) is 2.58. The van der Waals surface area contributed by atoms with Crippen LogP contribution in [-0.4, -0.2) is 27.6 Å². The molecule has 0 saturated carbocycles. The zero-order chi connectivity index (χ0) is 11.5. The zero-order valence-corrected chi connectivity index (χ0v) is 10.3. The van der Waals surface area contributed by atoms with Gasteiger partial charge in [0.2, 0.25) is 11.8 Å². The molecule has 1 aliphatic heterocycles. The van der Waals surface area contributed by atoms with Gasteiger partial charge in [-0.05, 0) is 12.0 Å². The van der Waals surface area contributed by atoms with Crippen LogP contribution in [0.1, 0.15) is 13.3 Å². The maximum Gasteiger partial charge on any atom is 0.394 e. The smallest absolute Gasteiger partial charge is 0.394 e. The predicted molar refractivity (Wildman–Crippen MR) is 55.4 cm³/mol. The highest BCUT2D eigenvalue weighted by Crippen LogP contribution is 2.57. The van der Waals surface area contributed by atoms with Gasteiger partial charge in [-0.2, -0.15) is 0 Å². The molecule has 0 bridgehead atoms. The molecule has 0 unspecified atom stereocenters. The quantitative estimate of drug-likeness (QED) is 0.701. The predicted octanol–water partition coefficient (Wildman–Crippen LogP) is 2.34. The third kappa shape index (κ3) is 2.82. The summed E-state index contributed by atoms with van der Waals surface area (Å²) in [4.78, 5) is 0. The molecule has 88 valence electrons. The van der Waals surface area contributed by atoms with E-state index in [0.29, 0.717) is 0 Å². The van der Waals surface area contributed by atoms with Crippen LogP contribution in [0.5, 0.6) is 0 Å². The molecule has 1 aliphatic rings. The second-order valence-corrected chi connectivity index (χ2v) is 5.53. The summed E-state index contributed by atoms with van der Waals surface area (Å²) in [5.41, 5.74) is 0.234. The van der Waals surface area contributed by atoms with Gasteiger partial charge in [0.05, 0.1) is 0 Å². The van der Waals surface area contributed by atoms with Crippen LogP contribution in [0.2, 0.25) is 0 Å². The first-order chi connectivity index (χ1) is 7.05. The third-order valence-corrected chi connectivity index (χ3v) is 4.01. The molecule has 1 rings (SSSR count). The summed E-state index contributed by atoms with van der Waals surface area (Å²) in [6.45, 7) is 1.99. The lowest BCUT2D eigenvalue weighted by Crippen LogP contribution is -2.22. The van der Waals surface area contributed by atoms with E-state index in [1.165, 1.54) is 14.2 Å². The Morgan fingerprint density at radius 1 is 1.40 bits per heavy atom. The largest absolute Gasteiger partial charge is 0.457 e. The van der Waals surface area contributed by atoms with Crippen molar-refractivity contribution in [1.82, 2.24) is 0 Å². The Labute approximate surface area is 89.9 Å². The van der Waals surface area contributed by atoms with Gasteiger partial charge < -0.3 is 18.5 Å². The van der Waals surface area contributed by atoms with E-state index in [-0.39, 0.29) is 11.4 Å². The minimum atomic E-state index is -3.29. The van der Waals surface area contributed by atoms with Crippen molar-refractivity contribution in [3.05, 3.63) is 11.6 Å². The Hall–Kier alpha value is -0.350. The van der Waals surface area contributed by atoms with Gasteiger partial charge in [-0.3, -0.25) is 4.57 Å². The van der Waals surface area contributed by atoms with Crippen molar-refractivity contribution >= 4 is 7.60 Å². The second kappa shape index (κ2) is 5.12. The lowest BCUT2D eigenvalue weighted by Gasteiger charge is -2.28. The lowest BCUT2D eigenvalue weighted by atomic mass is 10.1. The fourth-order valence-electron chi connectivity index (χ4n) is 1.39. The average Bonchev–Trinajstić information content (AvgIpc) is 2.27. The van der Waals surface area contributed by atoms with Crippen molar-refractivity contribution in [2.75, 3.05) is 21.3 Å². The van der Waals surface area contributed by atoms with E-state index in [9.17, 15) is 4.57 Å². The summed E-state index contributed by atoms with van der Waals surface area (Å²) in [5, 5.41) is 0. The molecule has 0 aliphatic carbocycles. The van der Waals surface area contributed by atoms with Crippen LogP contribution >= 0.6 is 7.60 Å². The molecular weight excluding hydrogens is 219 g/mol. The van der Waals surface area contributed by atoms with Crippen molar-refractivity contribution in [2.45, 2.75) is 19.6 Å². The van der Waals surface area contributed by atoms with Gasteiger partial charge in [0, 0.05) is 27.8 Å². The van der Waals surface area contributed by atoms with Gasteiger partial charge >= 0.3 is 7.60 Å². The molecule has 0 amide bonds. The highest BCUT2D eigenvalue weighted by molar-refractivity contribution is 7.58. The number of allylic oxidation sites excluding steroid dienone is 1. The molecule has 15 heavy (non-hydrogen) atoms. The first kappa shape index (κ1) is 12.7. The van der Waals surface area contributed by atoms with Crippen LogP contribution in [0, 0.1) is 5.92 Å². The highest BCUT2D eigenvalue weighted by Gasteiger charge is 2.35. The third-order valence-electron chi connectivity index (χ3n) is 2.26. The van der Waals surface area contributed by atoms with Crippen molar-refractivity contribution in [1.29, 1.82) is 0 Å². The number of methoxy groups -OCH3 is 1. The monoisotopic (exact) mass is 236 g/mol. The summed E-state index contributed by atoms with van der Waals surface area (Å²) < 4.78 is 32.2. The van der Waals surface area contributed by atoms with Crippen molar-refractivity contribution < 1.29 is 23.1 Å². The Bertz CT molecular complexity index is 280. The topological polar surface area (TPSA) is 54.0 Å². The molecule has 2 atom stereocenters. The second-order valence-electron chi connectivity index (χ2n) is 3.36. The molecule has 0 aromatic rings. The number of ether oxygens (including phenoxy) is 2. The molecule has 0 aromatic carbocycles. The molecule has 0 spiro atoms. The first-order valence-corrected chi connectivity index (χ1v) is 6.23. The number of hydrogen-bond donors (Lipinski definition) is 0. The maximum absolute atomic E-state index is 12.0. The van der Waals surface area contributed by atoms with Gasteiger partial charge in [-0.25, -0.2) is 0 Å². The normalized spacial score (nSPS) is 27.1. The molecule has 0 fully saturated rings. The van der Waals surface area contributed by atoms with E-state index in [0.717, 1.165) is 6.42 Å². The van der Waals surface area contributed by atoms with Crippen molar-refractivity contribution in [2.24, 2.45) is 5.92 Å². The molecule has 0 radical (unpaired) electrons. The molecular formula is C9H17O5P. The first-order valence-electron chi connectivity index (χ1n) is 4.69. The summed E-state index contributed by atoms with van der Waals surface area (Å²) in [7, 11) is 0.919. The Kier molecular flexibility index (Phi) is 4.34. The SMILES string of the molecule is CO[C@@H]1C[C@H](C)C=C(P(=O)(OC)OC)O1. The number of hydrogen-bond acceptors (Lipinski definition) is 5. The van der Waals surface area contributed by atoms with E-state index < -0.39 is 13.9 Å². The Morgan fingerprint density at radius 2 is 2.00 bits per heavy atom. The highest BCUT2D eigenvalue weighted by atomic mass is 31.2. The summed E-state index contributed by atoms with van der Waals surface area (Å²) in [6, 6.07) is 0. The van der Waals surface area contributed by atoms with Crippen molar-refractivity contribution in [3.8, 4) is 0 Å². The van der Waals surface area contributed by atoms with Crippen LogP contribution in [0.3, 0.4) is 0 Å². The van der Waals surface area contributed by atoms with Crippen LogP contribution in [0.25, 0.3) is 0 Å². The van der Waals surface area contributed by atoms with Gasteiger partial charge in [-0.15, -0.1) is 0 Å². The summed E-state index contributed by atoms with van der Waals surface area (Å²) in [5.74, 6) is 0.220. The lowest BCUT2D eigenvalue weighted by molar-refractivity contribution is -0.107. The van der Waals surface area contributed by atoms with Crippen LogP contribution in [0.15, 0.2) is 11.6 Å². The minimum Gasteiger partial charge on any atom is -0.457 e. The zero-order valence-electron chi connectivity index (χ0n) is 9.43. The minimum absolute atomic E-state index is 0.220. The van der Waals surface area contributed by atoms with Crippen molar-refractivity contribution in [3.63, 3.8) is 0 Å². The van der Waals surface area contributed by atoms with E-state index in [1.807, 2.05) is 6.92 Å². The van der Waals surface area contributed by atoms with E-state index in [4.69, 9.17) is 18.5 Å². The summed E-state index contributed by atoms with van der Waals surface area (Å²) >= 11 is 0. The molecule has 0 saturated heterocycles. The van der Waals surface area contributed by atoms with E-state index in [1.54, 1.807) is 13.2 Å².